The van der Waals surface area contributed by atoms with Gasteiger partial charge in [-0.2, -0.15) is 0 Å². The summed E-state index contributed by atoms with van der Waals surface area (Å²) in [7, 11) is 0. The van der Waals surface area contributed by atoms with E-state index in [1.807, 2.05) is 12.1 Å². The van der Waals surface area contributed by atoms with Crippen LogP contribution in [0.25, 0.3) is 0 Å². The fourth-order valence-corrected chi connectivity index (χ4v) is 3.56. The molecule has 3 heteroatoms. The van der Waals surface area contributed by atoms with Gasteiger partial charge in [-0.15, -0.1) is 0 Å². The van der Waals surface area contributed by atoms with Gasteiger partial charge >= 0.3 is 0 Å². The maximum Gasteiger partial charge on any atom is 0.142 e. The van der Waals surface area contributed by atoms with Gasteiger partial charge in [0.25, 0.3) is 0 Å². The van der Waals surface area contributed by atoms with Crippen LogP contribution < -0.4 is 10.5 Å². The molecule has 1 saturated carbocycles. The minimum absolute atomic E-state index is 0.0983. The standard InChI is InChI=1S/C17H25NO2/c1-2-13-5-6-16(15(18)11-13)20-14-7-10-19-17(12-14)8-3-4-9-17/h5-6,11,14H,2-4,7-10,12,18H2,1H3. The van der Waals surface area contributed by atoms with Crippen molar-refractivity contribution in [2.75, 3.05) is 12.3 Å². The Hall–Kier alpha value is -1.22. The van der Waals surface area contributed by atoms with E-state index in [4.69, 9.17) is 15.2 Å². The van der Waals surface area contributed by atoms with Crippen molar-refractivity contribution < 1.29 is 9.47 Å². The molecule has 0 bridgehead atoms. The number of anilines is 1. The predicted octanol–water partition coefficient (Wildman–Crippen LogP) is 3.70. The van der Waals surface area contributed by atoms with Crippen molar-refractivity contribution in [3.63, 3.8) is 0 Å². The summed E-state index contributed by atoms with van der Waals surface area (Å²) >= 11 is 0. The maximum absolute atomic E-state index is 6.17. The Balaban J connectivity index is 1.68. The fourth-order valence-electron chi connectivity index (χ4n) is 3.56. The first-order valence-corrected chi connectivity index (χ1v) is 7.90. The van der Waals surface area contributed by atoms with Crippen molar-refractivity contribution in [2.45, 2.75) is 63.6 Å². The average Bonchev–Trinajstić information content (AvgIpc) is 2.89. The summed E-state index contributed by atoms with van der Waals surface area (Å²) in [6.45, 7) is 2.95. The molecule has 110 valence electrons. The van der Waals surface area contributed by atoms with Gasteiger partial charge in [0.2, 0.25) is 0 Å². The van der Waals surface area contributed by atoms with Crippen molar-refractivity contribution in [1.82, 2.24) is 0 Å². The first-order valence-electron chi connectivity index (χ1n) is 7.90. The Morgan fingerprint density at radius 2 is 2.15 bits per heavy atom. The number of hydrogen-bond acceptors (Lipinski definition) is 3. The van der Waals surface area contributed by atoms with Crippen molar-refractivity contribution in [1.29, 1.82) is 0 Å². The van der Waals surface area contributed by atoms with Crippen LogP contribution in [0.15, 0.2) is 18.2 Å². The topological polar surface area (TPSA) is 44.5 Å². The number of aryl methyl sites for hydroxylation is 1. The Morgan fingerprint density at radius 3 is 2.85 bits per heavy atom. The number of ether oxygens (including phenoxy) is 2. The lowest BCUT2D eigenvalue weighted by atomic mass is 9.90. The molecular formula is C17H25NO2. The van der Waals surface area contributed by atoms with Crippen molar-refractivity contribution >= 4 is 5.69 Å². The van der Waals surface area contributed by atoms with Crippen LogP contribution in [0.4, 0.5) is 5.69 Å². The van der Waals surface area contributed by atoms with E-state index >= 15 is 0 Å². The summed E-state index contributed by atoms with van der Waals surface area (Å²) in [5.41, 5.74) is 8.22. The van der Waals surface area contributed by atoms with Crippen LogP contribution in [-0.2, 0) is 11.2 Å². The van der Waals surface area contributed by atoms with Gasteiger partial charge in [0.05, 0.1) is 17.9 Å². The molecule has 3 nitrogen and oxygen atoms in total. The molecule has 0 amide bonds. The molecule has 0 aromatic heterocycles. The summed E-state index contributed by atoms with van der Waals surface area (Å²) in [6.07, 6.45) is 8.20. The van der Waals surface area contributed by atoms with Crippen LogP contribution >= 0.6 is 0 Å². The van der Waals surface area contributed by atoms with Gasteiger partial charge < -0.3 is 15.2 Å². The third kappa shape index (κ3) is 2.78. The summed E-state index contributed by atoms with van der Waals surface area (Å²) in [6, 6.07) is 6.15. The number of rotatable bonds is 3. The van der Waals surface area contributed by atoms with E-state index in [0.29, 0.717) is 0 Å². The van der Waals surface area contributed by atoms with Crippen LogP contribution in [0.5, 0.6) is 5.75 Å². The first kappa shape index (κ1) is 13.7. The second-order valence-corrected chi connectivity index (χ2v) is 6.20. The molecule has 2 aliphatic rings. The Bertz CT molecular complexity index is 466. The van der Waals surface area contributed by atoms with Crippen molar-refractivity contribution in [3.05, 3.63) is 23.8 Å². The van der Waals surface area contributed by atoms with Crippen LogP contribution in [-0.4, -0.2) is 18.3 Å². The van der Waals surface area contributed by atoms with Gasteiger partial charge in [-0.1, -0.05) is 25.8 Å². The lowest BCUT2D eigenvalue weighted by Gasteiger charge is -2.38. The highest BCUT2D eigenvalue weighted by Gasteiger charge is 2.40. The zero-order valence-electron chi connectivity index (χ0n) is 12.4. The average molecular weight is 275 g/mol. The zero-order valence-corrected chi connectivity index (χ0v) is 12.4. The molecule has 1 spiro atoms. The maximum atomic E-state index is 6.17. The lowest BCUT2D eigenvalue weighted by molar-refractivity contribution is -0.108. The smallest absolute Gasteiger partial charge is 0.142 e. The molecule has 2 N–H and O–H groups in total. The summed E-state index contributed by atoms with van der Waals surface area (Å²) in [5.74, 6) is 0.835. The minimum Gasteiger partial charge on any atom is -0.488 e. The first-order chi connectivity index (χ1) is 9.71. The van der Waals surface area contributed by atoms with Crippen LogP contribution in [0.3, 0.4) is 0 Å². The predicted molar refractivity (Wildman–Crippen MR) is 81.0 cm³/mol. The molecule has 0 radical (unpaired) electrons. The second kappa shape index (κ2) is 5.65. The van der Waals surface area contributed by atoms with E-state index in [2.05, 4.69) is 13.0 Å². The normalized spacial score (nSPS) is 24.9. The molecule has 1 unspecified atom stereocenters. The number of benzene rings is 1. The second-order valence-electron chi connectivity index (χ2n) is 6.20. The Labute approximate surface area is 121 Å². The van der Waals surface area contributed by atoms with Gasteiger partial charge in [-0.05, 0) is 37.0 Å². The Morgan fingerprint density at radius 1 is 1.35 bits per heavy atom. The SMILES string of the molecule is CCc1ccc(OC2CCOC3(CCCC3)C2)c(N)c1. The molecule has 1 atom stereocenters. The fraction of sp³-hybridized carbons (Fsp3) is 0.647. The van der Waals surface area contributed by atoms with E-state index < -0.39 is 0 Å². The highest BCUT2D eigenvalue weighted by atomic mass is 16.5. The molecule has 1 aliphatic carbocycles. The van der Waals surface area contributed by atoms with Crippen LogP contribution in [0, 0.1) is 0 Å². The van der Waals surface area contributed by atoms with Crippen LogP contribution in [0.1, 0.15) is 51.0 Å². The zero-order chi connectivity index (χ0) is 14.0. The molecule has 1 aromatic rings. The van der Waals surface area contributed by atoms with Gasteiger partial charge in [-0.25, -0.2) is 0 Å². The third-order valence-corrected chi connectivity index (χ3v) is 4.74. The number of hydrogen-bond donors (Lipinski definition) is 1. The number of nitrogens with two attached hydrogens (primary N) is 1. The van der Waals surface area contributed by atoms with E-state index in [0.717, 1.165) is 37.3 Å². The van der Waals surface area contributed by atoms with Gasteiger partial charge in [0, 0.05) is 12.8 Å². The summed E-state index contributed by atoms with van der Waals surface area (Å²) < 4.78 is 12.2. The van der Waals surface area contributed by atoms with E-state index in [-0.39, 0.29) is 11.7 Å². The molecule has 20 heavy (non-hydrogen) atoms. The van der Waals surface area contributed by atoms with E-state index in [1.54, 1.807) is 0 Å². The van der Waals surface area contributed by atoms with Gasteiger partial charge in [-0.3, -0.25) is 0 Å². The molecule has 1 saturated heterocycles. The third-order valence-electron chi connectivity index (χ3n) is 4.74. The molecule has 1 aromatic carbocycles. The molecular weight excluding hydrogens is 250 g/mol. The molecule has 3 rings (SSSR count). The molecule has 2 fully saturated rings. The van der Waals surface area contributed by atoms with E-state index in [1.165, 1.54) is 31.2 Å². The molecule has 1 aliphatic heterocycles. The van der Waals surface area contributed by atoms with Crippen LogP contribution in [0.2, 0.25) is 0 Å². The minimum atomic E-state index is 0.0983. The monoisotopic (exact) mass is 275 g/mol. The van der Waals surface area contributed by atoms with Gasteiger partial charge in [0.1, 0.15) is 11.9 Å². The quantitative estimate of drug-likeness (QED) is 0.855. The van der Waals surface area contributed by atoms with Gasteiger partial charge in [0.15, 0.2) is 0 Å². The van der Waals surface area contributed by atoms with E-state index in [9.17, 15) is 0 Å². The van der Waals surface area contributed by atoms with Crippen molar-refractivity contribution in [2.24, 2.45) is 0 Å². The highest BCUT2D eigenvalue weighted by Crippen LogP contribution is 2.41. The summed E-state index contributed by atoms with van der Waals surface area (Å²) in [5, 5.41) is 0. The molecule has 1 heterocycles. The number of nitrogen functional groups attached to an aromatic ring is 1. The Kier molecular flexibility index (Phi) is 3.88. The largest absolute Gasteiger partial charge is 0.488 e. The highest BCUT2D eigenvalue weighted by molar-refractivity contribution is 5.54. The lowest BCUT2D eigenvalue weighted by Crippen LogP contribution is -2.41. The van der Waals surface area contributed by atoms with Crippen molar-refractivity contribution in [3.8, 4) is 5.75 Å². The summed E-state index contributed by atoms with van der Waals surface area (Å²) in [4.78, 5) is 0.